The maximum atomic E-state index is 12.1. The average molecular weight is 351 g/mol. The van der Waals surface area contributed by atoms with E-state index in [1.807, 2.05) is 6.92 Å². The zero-order valence-corrected chi connectivity index (χ0v) is 13.3. The Balaban J connectivity index is 1.90. The predicted molar refractivity (Wildman–Crippen MR) is 87.8 cm³/mol. The van der Waals surface area contributed by atoms with Gasteiger partial charge in [-0.1, -0.05) is 0 Å². The van der Waals surface area contributed by atoms with Crippen molar-refractivity contribution in [3.05, 3.63) is 66.4 Å². The topological polar surface area (TPSA) is 47.6 Å². The highest BCUT2D eigenvalue weighted by molar-refractivity contribution is 6.04. The summed E-state index contributed by atoms with van der Waals surface area (Å²) in [5.41, 5.74) is 1.01. The van der Waals surface area contributed by atoms with E-state index >= 15 is 0 Å². The van der Waals surface area contributed by atoms with Crippen LogP contribution in [0.1, 0.15) is 17.3 Å². The molecule has 25 heavy (non-hydrogen) atoms. The van der Waals surface area contributed by atoms with Gasteiger partial charge in [-0.2, -0.15) is 0 Å². The summed E-state index contributed by atoms with van der Waals surface area (Å²) in [5, 5.41) is 2.80. The van der Waals surface area contributed by atoms with Crippen molar-refractivity contribution in [2.75, 3.05) is 11.9 Å². The molecule has 7 heteroatoms. The highest BCUT2D eigenvalue weighted by atomic mass is 19.4. The van der Waals surface area contributed by atoms with Crippen LogP contribution in [0.25, 0.3) is 0 Å². The van der Waals surface area contributed by atoms with Crippen molar-refractivity contribution in [1.82, 2.24) is 0 Å². The number of allylic oxidation sites excluding steroid dienone is 1. The van der Waals surface area contributed by atoms with E-state index < -0.39 is 6.36 Å². The van der Waals surface area contributed by atoms with Gasteiger partial charge in [0, 0.05) is 23.5 Å². The lowest BCUT2D eigenvalue weighted by Gasteiger charge is -2.09. The standard InChI is InChI=1S/C18H16F3NO3/c1-2-24-15-7-3-13(4-8-15)17(23)11-12-22-14-5-9-16(10-6-14)25-18(19,20)21/h3-12,22H,2H2,1H3. The second-order valence-corrected chi connectivity index (χ2v) is 4.87. The number of ketones is 1. The summed E-state index contributed by atoms with van der Waals surface area (Å²) in [7, 11) is 0. The zero-order chi connectivity index (χ0) is 18.3. The third-order valence-corrected chi connectivity index (χ3v) is 3.02. The molecule has 0 heterocycles. The number of anilines is 1. The van der Waals surface area contributed by atoms with Gasteiger partial charge in [0.2, 0.25) is 0 Å². The van der Waals surface area contributed by atoms with Gasteiger partial charge in [0.15, 0.2) is 5.78 Å². The van der Waals surface area contributed by atoms with Crippen LogP contribution in [0.3, 0.4) is 0 Å². The molecule has 0 aliphatic carbocycles. The van der Waals surface area contributed by atoms with Crippen molar-refractivity contribution in [2.24, 2.45) is 0 Å². The number of hydrogen-bond donors (Lipinski definition) is 1. The lowest BCUT2D eigenvalue weighted by Crippen LogP contribution is -2.16. The molecule has 0 spiro atoms. The molecule has 0 aliphatic rings. The van der Waals surface area contributed by atoms with E-state index in [9.17, 15) is 18.0 Å². The molecular formula is C18H16F3NO3. The Morgan fingerprint density at radius 1 is 1.04 bits per heavy atom. The minimum absolute atomic E-state index is 0.215. The molecule has 0 radical (unpaired) electrons. The van der Waals surface area contributed by atoms with E-state index in [1.54, 1.807) is 24.3 Å². The number of ether oxygens (including phenoxy) is 2. The van der Waals surface area contributed by atoms with Gasteiger partial charge in [0.25, 0.3) is 0 Å². The first kappa shape index (κ1) is 18.4. The molecule has 132 valence electrons. The monoisotopic (exact) mass is 351 g/mol. The van der Waals surface area contributed by atoms with Gasteiger partial charge >= 0.3 is 6.36 Å². The summed E-state index contributed by atoms with van der Waals surface area (Å²) in [5.74, 6) is 0.155. The van der Waals surface area contributed by atoms with Crippen molar-refractivity contribution in [3.63, 3.8) is 0 Å². The molecule has 0 saturated carbocycles. The van der Waals surface area contributed by atoms with Crippen LogP contribution in [-0.4, -0.2) is 18.8 Å². The molecular weight excluding hydrogens is 335 g/mol. The number of carbonyl (C=O) groups excluding carboxylic acids is 1. The third-order valence-electron chi connectivity index (χ3n) is 3.02. The molecule has 0 aliphatic heterocycles. The van der Waals surface area contributed by atoms with E-state index in [0.717, 1.165) is 0 Å². The molecule has 2 aromatic rings. The van der Waals surface area contributed by atoms with Gasteiger partial charge in [-0.3, -0.25) is 4.79 Å². The maximum Gasteiger partial charge on any atom is 0.573 e. The Morgan fingerprint density at radius 2 is 1.64 bits per heavy atom. The Bertz CT molecular complexity index is 723. The van der Waals surface area contributed by atoms with Crippen LogP contribution in [0.4, 0.5) is 18.9 Å². The summed E-state index contributed by atoms with van der Waals surface area (Å²) < 4.78 is 45.3. The fourth-order valence-corrected chi connectivity index (χ4v) is 1.94. The molecule has 0 atom stereocenters. The van der Waals surface area contributed by atoms with Crippen molar-refractivity contribution < 1.29 is 27.4 Å². The zero-order valence-electron chi connectivity index (χ0n) is 13.3. The largest absolute Gasteiger partial charge is 0.573 e. The molecule has 0 aromatic heterocycles. The second kappa shape index (κ2) is 8.23. The first-order chi connectivity index (χ1) is 11.9. The van der Waals surface area contributed by atoms with Crippen LogP contribution in [0, 0.1) is 0 Å². The summed E-state index contributed by atoms with van der Waals surface area (Å²) in [6, 6.07) is 11.9. The van der Waals surface area contributed by atoms with Crippen LogP contribution < -0.4 is 14.8 Å². The fourth-order valence-electron chi connectivity index (χ4n) is 1.94. The molecule has 0 saturated heterocycles. The number of alkyl halides is 3. The first-order valence-corrected chi connectivity index (χ1v) is 7.43. The molecule has 2 rings (SSSR count). The number of carbonyl (C=O) groups is 1. The number of nitrogens with one attached hydrogen (secondary N) is 1. The minimum Gasteiger partial charge on any atom is -0.494 e. The second-order valence-electron chi connectivity index (χ2n) is 4.87. The molecule has 4 nitrogen and oxygen atoms in total. The summed E-state index contributed by atoms with van der Waals surface area (Å²) in [6.45, 7) is 2.42. The fraction of sp³-hybridized carbons (Fsp3) is 0.167. The third kappa shape index (κ3) is 6.21. The Hall–Kier alpha value is -2.96. The molecule has 2 aromatic carbocycles. The summed E-state index contributed by atoms with van der Waals surface area (Å²) >= 11 is 0. The lowest BCUT2D eigenvalue weighted by molar-refractivity contribution is -0.274. The van der Waals surface area contributed by atoms with E-state index in [-0.39, 0.29) is 11.5 Å². The first-order valence-electron chi connectivity index (χ1n) is 7.43. The number of hydrogen-bond acceptors (Lipinski definition) is 4. The normalized spacial score (nSPS) is 11.4. The average Bonchev–Trinajstić information content (AvgIpc) is 2.56. The van der Waals surface area contributed by atoms with Crippen molar-refractivity contribution in [3.8, 4) is 11.5 Å². The molecule has 0 unspecified atom stereocenters. The van der Waals surface area contributed by atoms with E-state index in [4.69, 9.17) is 4.74 Å². The molecule has 0 amide bonds. The van der Waals surface area contributed by atoms with E-state index in [2.05, 4.69) is 10.1 Å². The van der Waals surface area contributed by atoms with Crippen molar-refractivity contribution in [2.45, 2.75) is 13.3 Å². The SMILES string of the molecule is CCOc1ccc(C(=O)C=CNc2ccc(OC(F)(F)F)cc2)cc1. The lowest BCUT2D eigenvalue weighted by atomic mass is 10.1. The van der Waals surface area contributed by atoms with Gasteiger partial charge in [-0.25, -0.2) is 0 Å². The van der Waals surface area contributed by atoms with Gasteiger partial charge in [0.1, 0.15) is 11.5 Å². The smallest absolute Gasteiger partial charge is 0.494 e. The van der Waals surface area contributed by atoms with Crippen LogP contribution in [0.15, 0.2) is 60.8 Å². The van der Waals surface area contributed by atoms with Crippen molar-refractivity contribution in [1.29, 1.82) is 0 Å². The highest BCUT2D eigenvalue weighted by Crippen LogP contribution is 2.23. The number of halogens is 3. The summed E-state index contributed by atoms with van der Waals surface area (Å²) in [4.78, 5) is 12.0. The van der Waals surface area contributed by atoms with Crippen molar-refractivity contribution >= 4 is 11.5 Å². The molecule has 0 fully saturated rings. The highest BCUT2D eigenvalue weighted by Gasteiger charge is 2.30. The molecule has 1 N–H and O–H groups in total. The summed E-state index contributed by atoms with van der Waals surface area (Å²) in [6.07, 6.45) is -1.98. The number of rotatable bonds is 7. The van der Waals surface area contributed by atoms with Crippen LogP contribution >= 0.6 is 0 Å². The van der Waals surface area contributed by atoms with Gasteiger partial charge < -0.3 is 14.8 Å². The Kier molecular flexibility index (Phi) is 6.05. The predicted octanol–water partition coefficient (Wildman–Crippen LogP) is 4.79. The number of benzene rings is 2. The minimum atomic E-state index is -4.72. The van der Waals surface area contributed by atoms with E-state index in [0.29, 0.717) is 23.6 Å². The van der Waals surface area contributed by atoms with Crippen LogP contribution in [0.2, 0.25) is 0 Å². The van der Waals surface area contributed by atoms with Gasteiger partial charge in [0.05, 0.1) is 6.61 Å². The molecule has 0 bridgehead atoms. The van der Waals surface area contributed by atoms with Gasteiger partial charge in [-0.05, 0) is 55.5 Å². The van der Waals surface area contributed by atoms with E-state index in [1.165, 1.54) is 36.5 Å². The van der Waals surface area contributed by atoms with Crippen LogP contribution in [-0.2, 0) is 0 Å². The Morgan fingerprint density at radius 3 is 2.20 bits per heavy atom. The van der Waals surface area contributed by atoms with Crippen LogP contribution in [0.5, 0.6) is 11.5 Å². The Labute approximate surface area is 142 Å². The quantitative estimate of drug-likeness (QED) is 0.575. The van der Waals surface area contributed by atoms with Gasteiger partial charge in [-0.15, -0.1) is 13.2 Å². The maximum absolute atomic E-state index is 12.1.